The van der Waals surface area contributed by atoms with Crippen molar-refractivity contribution >= 4 is 17.7 Å². The first-order valence-electron chi connectivity index (χ1n) is 4.89. The molecule has 0 spiro atoms. The SMILES string of the molecule is COC(=O)C(CN)NC1CCCSC1. The third kappa shape index (κ3) is 3.48. The van der Waals surface area contributed by atoms with Crippen LogP contribution in [0.15, 0.2) is 0 Å². The summed E-state index contributed by atoms with van der Waals surface area (Å²) in [6, 6.07) is 0.0603. The summed E-state index contributed by atoms with van der Waals surface area (Å²) in [5.74, 6) is 2.03. The van der Waals surface area contributed by atoms with Crippen molar-refractivity contribution in [2.75, 3.05) is 25.2 Å². The average molecular weight is 218 g/mol. The van der Waals surface area contributed by atoms with E-state index in [0.29, 0.717) is 12.6 Å². The molecule has 0 aromatic carbocycles. The van der Waals surface area contributed by atoms with Gasteiger partial charge < -0.3 is 10.5 Å². The summed E-state index contributed by atoms with van der Waals surface area (Å²) < 4.78 is 4.66. The van der Waals surface area contributed by atoms with Crippen molar-refractivity contribution in [3.8, 4) is 0 Å². The number of hydrogen-bond donors (Lipinski definition) is 2. The summed E-state index contributed by atoms with van der Waals surface area (Å²) >= 11 is 1.92. The molecule has 1 saturated heterocycles. The second kappa shape index (κ2) is 6.27. The highest BCUT2D eigenvalue weighted by atomic mass is 32.2. The van der Waals surface area contributed by atoms with Crippen molar-refractivity contribution in [2.45, 2.75) is 24.9 Å². The van der Waals surface area contributed by atoms with Crippen LogP contribution in [-0.4, -0.2) is 43.2 Å². The smallest absolute Gasteiger partial charge is 0.324 e. The molecule has 0 saturated carbocycles. The molecule has 2 unspecified atom stereocenters. The van der Waals surface area contributed by atoms with Crippen LogP contribution in [0.2, 0.25) is 0 Å². The van der Waals surface area contributed by atoms with Gasteiger partial charge in [-0.3, -0.25) is 10.1 Å². The van der Waals surface area contributed by atoms with Gasteiger partial charge in [0.1, 0.15) is 6.04 Å². The van der Waals surface area contributed by atoms with E-state index < -0.39 is 0 Å². The Labute approximate surface area is 88.9 Å². The molecule has 5 heteroatoms. The molecule has 1 fully saturated rings. The van der Waals surface area contributed by atoms with Gasteiger partial charge in [0.05, 0.1) is 7.11 Å². The number of nitrogens with two attached hydrogens (primary N) is 1. The number of esters is 1. The number of ether oxygens (including phenoxy) is 1. The monoisotopic (exact) mass is 218 g/mol. The third-order valence-electron chi connectivity index (χ3n) is 2.32. The van der Waals surface area contributed by atoms with Crippen LogP contribution in [0.5, 0.6) is 0 Å². The first-order chi connectivity index (χ1) is 6.77. The summed E-state index contributed by atoms with van der Waals surface area (Å²) in [4.78, 5) is 11.2. The number of hydrogen-bond acceptors (Lipinski definition) is 5. The van der Waals surface area contributed by atoms with Gasteiger partial charge in [0.25, 0.3) is 0 Å². The van der Waals surface area contributed by atoms with Crippen molar-refractivity contribution in [3.05, 3.63) is 0 Å². The fourth-order valence-corrected chi connectivity index (χ4v) is 2.62. The van der Waals surface area contributed by atoms with E-state index in [9.17, 15) is 4.79 Å². The van der Waals surface area contributed by atoms with Gasteiger partial charge in [0.15, 0.2) is 0 Å². The molecule has 3 N–H and O–H groups in total. The van der Waals surface area contributed by atoms with Crippen molar-refractivity contribution < 1.29 is 9.53 Å². The fourth-order valence-electron chi connectivity index (χ4n) is 1.53. The van der Waals surface area contributed by atoms with Gasteiger partial charge in [-0.1, -0.05) is 0 Å². The zero-order chi connectivity index (χ0) is 10.4. The average Bonchev–Trinajstić information content (AvgIpc) is 2.26. The Balaban J connectivity index is 2.34. The predicted octanol–water partition coefficient (Wildman–Crippen LogP) is -0.0281. The van der Waals surface area contributed by atoms with E-state index in [0.717, 1.165) is 12.2 Å². The fraction of sp³-hybridized carbons (Fsp3) is 0.889. The van der Waals surface area contributed by atoms with Crippen LogP contribution >= 0.6 is 11.8 Å². The van der Waals surface area contributed by atoms with E-state index >= 15 is 0 Å². The predicted molar refractivity (Wildman–Crippen MR) is 58.3 cm³/mol. The van der Waals surface area contributed by atoms with Crippen LogP contribution in [0.3, 0.4) is 0 Å². The lowest BCUT2D eigenvalue weighted by atomic mass is 10.1. The van der Waals surface area contributed by atoms with Crippen molar-refractivity contribution in [1.29, 1.82) is 0 Å². The number of rotatable bonds is 4. The molecule has 4 nitrogen and oxygen atoms in total. The van der Waals surface area contributed by atoms with E-state index in [-0.39, 0.29) is 12.0 Å². The quantitative estimate of drug-likeness (QED) is 0.649. The highest BCUT2D eigenvalue weighted by Crippen LogP contribution is 2.17. The van der Waals surface area contributed by atoms with Gasteiger partial charge >= 0.3 is 5.97 Å². The lowest BCUT2D eigenvalue weighted by Crippen LogP contribution is -2.49. The Morgan fingerprint density at radius 2 is 2.57 bits per heavy atom. The van der Waals surface area contributed by atoms with Crippen LogP contribution in [0.1, 0.15) is 12.8 Å². The topological polar surface area (TPSA) is 64.3 Å². The molecule has 14 heavy (non-hydrogen) atoms. The zero-order valence-electron chi connectivity index (χ0n) is 8.49. The molecule has 0 radical (unpaired) electrons. The van der Waals surface area contributed by atoms with E-state index in [1.54, 1.807) is 0 Å². The van der Waals surface area contributed by atoms with E-state index in [1.165, 1.54) is 19.3 Å². The molecule has 82 valence electrons. The zero-order valence-corrected chi connectivity index (χ0v) is 9.31. The standard InChI is InChI=1S/C9H18N2O2S/c1-13-9(12)8(5-10)11-7-3-2-4-14-6-7/h7-8,11H,2-6,10H2,1H3. The van der Waals surface area contributed by atoms with Gasteiger partial charge in [0, 0.05) is 18.3 Å². The highest BCUT2D eigenvalue weighted by Gasteiger charge is 2.22. The minimum Gasteiger partial charge on any atom is -0.468 e. The van der Waals surface area contributed by atoms with Crippen LogP contribution in [0.4, 0.5) is 0 Å². The Hall–Kier alpha value is -0.260. The molecule has 1 heterocycles. The minimum absolute atomic E-state index is 0.261. The summed E-state index contributed by atoms with van der Waals surface area (Å²) in [6.07, 6.45) is 2.33. The number of carbonyl (C=O) groups excluding carboxylic acids is 1. The maximum Gasteiger partial charge on any atom is 0.324 e. The van der Waals surface area contributed by atoms with Crippen molar-refractivity contribution in [2.24, 2.45) is 5.73 Å². The number of nitrogens with one attached hydrogen (secondary N) is 1. The number of carbonyl (C=O) groups is 1. The number of thioether (sulfide) groups is 1. The maximum atomic E-state index is 11.2. The Bertz CT molecular complexity index is 184. The Morgan fingerprint density at radius 3 is 3.07 bits per heavy atom. The van der Waals surface area contributed by atoms with Crippen LogP contribution in [-0.2, 0) is 9.53 Å². The highest BCUT2D eigenvalue weighted by molar-refractivity contribution is 7.99. The molecule has 0 aliphatic carbocycles. The van der Waals surface area contributed by atoms with Crippen LogP contribution in [0, 0.1) is 0 Å². The molecular weight excluding hydrogens is 200 g/mol. The second-order valence-corrected chi connectivity index (χ2v) is 4.54. The number of methoxy groups -OCH3 is 1. The molecular formula is C9H18N2O2S. The van der Waals surface area contributed by atoms with Gasteiger partial charge in [-0.25, -0.2) is 0 Å². The van der Waals surface area contributed by atoms with Crippen molar-refractivity contribution in [3.63, 3.8) is 0 Å². The molecule has 0 aromatic heterocycles. The lowest BCUT2D eigenvalue weighted by Gasteiger charge is -2.26. The largest absolute Gasteiger partial charge is 0.468 e. The Morgan fingerprint density at radius 1 is 1.79 bits per heavy atom. The molecule has 0 amide bonds. The Kier molecular flexibility index (Phi) is 5.29. The van der Waals surface area contributed by atoms with Gasteiger partial charge in [0.2, 0.25) is 0 Å². The van der Waals surface area contributed by atoms with Crippen molar-refractivity contribution in [1.82, 2.24) is 5.32 Å². The van der Waals surface area contributed by atoms with Crippen LogP contribution in [0.25, 0.3) is 0 Å². The van der Waals surface area contributed by atoms with Gasteiger partial charge in [-0.2, -0.15) is 11.8 Å². The normalized spacial score (nSPS) is 24.3. The van der Waals surface area contributed by atoms with Crippen LogP contribution < -0.4 is 11.1 Å². The second-order valence-electron chi connectivity index (χ2n) is 3.39. The van der Waals surface area contributed by atoms with E-state index in [2.05, 4.69) is 10.1 Å². The first-order valence-corrected chi connectivity index (χ1v) is 6.05. The lowest BCUT2D eigenvalue weighted by molar-refractivity contribution is -0.143. The molecule has 0 bridgehead atoms. The molecule has 2 atom stereocenters. The summed E-state index contributed by atoms with van der Waals surface area (Å²) in [7, 11) is 1.39. The summed E-state index contributed by atoms with van der Waals surface area (Å²) in [6.45, 7) is 0.299. The molecule has 0 aromatic rings. The first kappa shape index (κ1) is 11.8. The summed E-state index contributed by atoms with van der Waals surface area (Å²) in [5, 5.41) is 3.24. The molecule has 1 rings (SSSR count). The van der Waals surface area contributed by atoms with E-state index in [4.69, 9.17) is 5.73 Å². The van der Waals surface area contributed by atoms with Gasteiger partial charge in [-0.05, 0) is 18.6 Å². The molecule has 1 aliphatic rings. The van der Waals surface area contributed by atoms with E-state index in [1.807, 2.05) is 11.8 Å². The maximum absolute atomic E-state index is 11.2. The van der Waals surface area contributed by atoms with Gasteiger partial charge in [-0.15, -0.1) is 0 Å². The third-order valence-corrected chi connectivity index (χ3v) is 3.53. The summed E-state index contributed by atoms with van der Waals surface area (Å²) in [5.41, 5.74) is 5.50. The minimum atomic E-state index is -0.344. The molecule has 1 aliphatic heterocycles.